The van der Waals surface area contributed by atoms with Gasteiger partial charge in [-0.2, -0.15) is 0 Å². The minimum absolute atomic E-state index is 0.175. The van der Waals surface area contributed by atoms with Crippen LogP contribution in [-0.2, 0) is 11.2 Å². The summed E-state index contributed by atoms with van der Waals surface area (Å²) in [7, 11) is 0. The second-order valence-corrected chi connectivity index (χ2v) is 9.13. The first-order chi connectivity index (χ1) is 16.8. The van der Waals surface area contributed by atoms with E-state index in [1.807, 2.05) is 36.4 Å². The summed E-state index contributed by atoms with van der Waals surface area (Å²) in [6.07, 6.45) is 0.935. The number of amides is 1. The molecule has 0 spiro atoms. The molecule has 35 heavy (non-hydrogen) atoms. The van der Waals surface area contributed by atoms with Gasteiger partial charge in [0.2, 0.25) is 0 Å². The van der Waals surface area contributed by atoms with Crippen molar-refractivity contribution in [1.29, 1.82) is 0 Å². The van der Waals surface area contributed by atoms with Gasteiger partial charge in [0.1, 0.15) is 5.00 Å². The van der Waals surface area contributed by atoms with E-state index in [2.05, 4.69) is 24.4 Å². The minimum Gasteiger partial charge on any atom is -0.462 e. The number of para-hydroxylation sites is 1. The van der Waals surface area contributed by atoms with Crippen LogP contribution in [0, 0.1) is 6.92 Å². The predicted molar refractivity (Wildman–Crippen MR) is 140 cm³/mol. The number of aryl methyl sites for hydroxylation is 1. The Bertz CT molecular complexity index is 1440. The van der Waals surface area contributed by atoms with Crippen molar-refractivity contribution < 1.29 is 19.1 Å². The highest BCUT2D eigenvalue weighted by atomic mass is 32.1. The first-order valence-corrected chi connectivity index (χ1v) is 12.3. The van der Waals surface area contributed by atoms with Crippen molar-refractivity contribution in [3.05, 3.63) is 81.7 Å². The number of hydrogen-bond acceptors (Lipinski definition) is 6. The number of ketones is 1. The molecular formula is C28H26N2O4S. The van der Waals surface area contributed by atoms with E-state index in [9.17, 15) is 14.4 Å². The van der Waals surface area contributed by atoms with Crippen LogP contribution in [0.25, 0.3) is 22.2 Å². The quantitative estimate of drug-likeness (QED) is 0.239. The Kier molecular flexibility index (Phi) is 7.07. The normalized spacial score (nSPS) is 10.9. The van der Waals surface area contributed by atoms with Crippen LogP contribution in [0.15, 0.2) is 54.6 Å². The van der Waals surface area contributed by atoms with E-state index in [1.165, 1.54) is 12.5 Å². The highest BCUT2D eigenvalue weighted by Gasteiger charge is 2.26. The van der Waals surface area contributed by atoms with E-state index in [0.29, 0.717) is 37.6 Å². The van der Waals surface area contributed by atoms with Gasteiger partial charge in [-0.25, -0.2) is 9.78 Å². The van der Waals surface area contributed by atoms with Crippen molar-refractivity contribution in [1.82, 2.24) is 4.98 Å². The van der Waals surface area contributed by atoms with Crippen LogP contribution in [0.3, 0.4) is 0 Å². The van der Waals surface area contributed by atoms with E-state index < -0.39 is 11.9 Å². The van der Waals surface area contributed by atoms with Gasteiger partial charge in [-0.1, -0.05) is 49.4 Å². The maximum atomic E-state index is 13.6. The molecule has 178 valence electrons. The molecule has 2 aromatic heterocycles. The standard InChI is InChI=1S/C28H26N2O4S/c1-5-18-11-13-19(14-12-18)23-15-21(20-9-7-8-10-22(20)29-23)26(32)30-27-24(28(33)34-6-2)16(3)25(35-27)17(4)31/h7-15H,5-6H2,1-4H3,(H,30,32). The topological polar surface area (TPSA) is 85.4 Å². The number of benzene rings is 2. The Balaban J connectivity index is 1.80. The Morgan fingerprint density at radius 3 is 2.40 bits per heavy atom. The number of anilines is 1. The van der Waals surface area contributed by atoms with Crippen LogP contribution < -0.4 is 5.32 Å². The van der Waals surface area contributed by atoms with Gasteiger partial charge in [0.15, 0.2) is 5.78 Å². The van der Waals surface area contributed by atoms with Crippen LogP contribution in [0.4, 0.5) is 5.00 Å². The summed E-state index contributed by atoms with van der Waals surface area (Å²) < 4.78 is 5.19. The number of nitrogens with zero attached hydrogens (tertiary/aromatic N) is 1. The maximum absolute atomic E-state index is 13.6. The zero-order chi connectivity index (χ0) is 25.1. The lowest BCUT2D eigenvalue weighted by molar-refractivity contribution is 0.0527. The lowest BCUT2D eigenvalue weighted by Gasteiger charge is -2.11. The van der Waals surface area contributed by atoms with Gasteiger partial charge in [0.05, 0.1) is 33.8 Å². The van der Waals surface area contributed by atoms with Crippen molar-refractivity contribution in [2.75, 3.05) is 11.9 Å². The Hall–Kier alpha value is -3.84. The largest absolute Gasteiger partial charge is 0.462 e. The highest BCUT2D eigenvalue weighted by Crippen LogP contribution is 2.35. The number of hydrogen-bond donors (Lipinski definition) is 1. The molecule has 0 radical (unpaired) electrons. The molecule has 6 nitrogen and oxygen atoms in total. The SMILES string of the molecule is CCOC(=O)c1c(NC(=O)c2cc(-c3ccc(CC)cc3)nc3ccccc23)sc(C(C)=O)c1C. The number of Topliss-reactive ketones (excluding diaryl/α,β-unsaturated/α-hetero) is 1. The highest BCUT2D eigenvalue weighted by molar-refractivity contribution is 7.18. The van der Waals surface area contributed by atoms with E-state index in [-0.39, 0.29) is 18.0 Å². The molecule has 2 heterocycles. The number of aromatic nitrogens is 1. The molecule has 1 N–H and O–H groups in total. The number of fused-ring (bicyclic) bond motifs is 1. The number of carbonyl (C=O) groups excluding carboxylic acids is 3. The van der Waals surface area contributed by atoms with Gasteiger partial charge in [0, 0.05) is 10.9 Å². The number of carbonyl (C=O) groups is 3. The fourth-order valence-corrected chi connectivity index (χ4v) is 5.06. The fraction of sp³-hybridized carbons (Fsp3) is 0.214. The molecule has 0 saturated heterocycles. The fourth-order valence-electron chi connectivity index (χ4n) is 3.98. The maximum Gasteiger partial charge on any atom is 0.341 e. The molecule has 1 amide bonds. The van der Waals surface area contributed by atoms with Gasteiger partial charge in [0.25, 0.3) is 5.91 Å². The molecule has 2 aromatic carbocycles. The van der Waals surface area contributed by atoms with Gasteiger partial charge in [-0.3, -0.25) is 9.59 Å². The molecule has 0 aliphatic rings. The Labute approximate surface area is 208 Å². The number of ether oxygens (including phenoxy) is 1. The second-order valence-electron chi connectivity index (χ2n) is 8.11. The van der Waals surface area contributed by atoms with Crippen molar-refractivity contribution >= 4 is 44.9 Å². The summed E-state index contributed by atoms with van der Waals surface area (Å²) in [4.78, 5) is 43.5. The third-order valence-electron chi connectivity index (χ3n) is 5.79. The molecule has 0 fully saturated rings. The Morgan fingerprint density at radius 2 is 1.74 bits per heavy atom. The smallest absolute Gasteiger partial charge is 0.341 e. The molecule has 4 rings (SSSR count). The number of thiophene rings is 1. The van der Waals surface area contributed by atoms with Crippen molar-refractivity contribution in [3.63, 3.8) is 0 Å². The monoisotopic (exact) mass is 486 g/mol. The summed E-state index contributed by atoms with van der Waals surface area (Å²) in [5.74, 6) is -1.14. The van der Waals surface area contributed by atoms with Gasteiger partial charge < -0.3 is 10.1 Å². The van der Waals surface area contributed by atoms with Crippen molar-refractivity contribution in [2.45, 2.75) is 34.1 Å². The van der Waals surface area contributed by atoms with Crippen LogP contribution >= 0.6 is 11.3 Å². The van der Waals surface area contributed by atoms with E-state index >= 15 is 0 Å². The predicted octanol–water partition coefficient (Wildman–Crippen LogP) is 6.47. The first kappa shape index (κ1) is 24.3. The minimum atomic E-state index is -0.569. The second kappa shape index (κ2) is 10.2. The Morgan fingerprint density at radius 1 is 1.03 bits per heavy atom. The average molecular weight is 487 g/mol. The van der Waals surface area contributed by atoms with E-state index in [0.717, 1.165) is 23.3 Å². The third kappa shape index (κ3) is 4.86. The average Bonchev–Trinajstić information content (AvgIpc) is 3.19. The zero-order valence-corrected chi connectivity index (χ0v) is 20.9. The van der Waals surface area contributed by atoms with Crippen LogP contribution in [-0.4, -0.2) is 29.3 Å². The summed E-state index contributed by atoms with van der Waals surface area (Å²) in [5.41, 5.74) is 4.63. The molecule has 0 atom stereocenters. The van der Waals surface area contributed by atoms with Gasteiger partial charge >= 0.3 is 5.97 Å². The lowest BCUT2D eigenvalue weighted by Crippen LogP contribution is -2.15. The van der Waals surface area contributed by atoms with Gasteiger partial charge in [-0.05, 0) is 50.5 Å². The molecule has 0 unspecified atom stereocenters. The number of pyridine rings is 1. The molecule has 0 bridgehead atoms. The molecule has 0 aliphatic carbocycles. The number of rotatable bonds is 7. The third-order valence-corrected chi connectivity index (χ3v) is 7.10. The van der Waals surface area contributed by atoms with Crippen molar-refractivity contribution in [2.24, 2.45) is 0 Å². The molecule has 7 heteroatoms. The lowest BCUT2D eigenvalue weighted by atomic mass is 10.0. The first-order valence-electron chi connectivity index (χ1n) is 11.5. The molecule has 4 aromatic rings. The summed E-state index contributed by atoms with van der Waals surface area (Å²) in [6.45, 7) is 7.12. The van der Waals surface area contributed by atoms with Crippen molar-refractivity contribution in [3.8, 4) is 11.3 Å². The zero-order valence-electron chi connectivity index (χ0n) is 20.1. The number of esters is 1. The van der Waals surface area contributed by atoms with Crippen LogP contribution in [0.5, 0.6) is 0 Å². The summed E-state index contributed by atoms with van der Waals surface area (Å²) in [6, 6.07) is 17.3. The molecule has 0 saturated carbocycles. The van der Waals surface area contributed by atoms with Crippen LogP contribution in [0.1, 0.15) is 62.3 Å². The van der Waals surface area contributed by atoms with Crippen LogP contribution in [0.2, 0.25) is 0 Å². The van der Waals surface area contributed by atoms with E-state index in [1.54, 1.807) is 19.9 Å². The molecule has 0 aliphatic heterocycles. The summed E-state index contributed by atoms with van der Waals surface area (Å²) >= 11 is 1.08. The number of nitrogens with one attached hydrogen (secondary N) is 1. The van der Waals surface area contributed by atoms with E-state index in [4.69, 9.17) is 9.72 Å². The summed E-state index contributed by atoms with van der Waals surface area (Å²) in [5, 5.41) is 3.86. The van der Waals surface area contributed by atoms with Gasteiger partial charge in [-0.15, -0.1) is 11.3 Å². The molecular weight excluding hydrogens is 460 g/mol.